The number of piperazine rings is 1. The number of carbonyl (C=O) groups excluding carboxylic acids is 1. The summed E-state index contributed by atoms with van der Waals surface area (Å²) in [6.45, 7) is 3.66. The zero-order valence-electron chi connectivity index (χ0n) is 14.6. The van der Waals surface area contributed by atoms with Gasteiger partial charge in [-0.3, -0.25) is 9.69 Å². The summed E-state index contributed by atoms with van der Waals surface area (Å²) in [5.74, 6) is 0.821. The number of ether oxygens (including phenoxy) is 1. The minimum absolute atomic E-state index is 0.0603. The number of para-hydroxylation sites is 1. The van der Waals surface area contributed by atoms with Gasteiger partial charge in [0.05, 0.1) is 0 Å². The van der Waals surface area contributed by atoms with E-state index in [2.05, 4.69) is 20.8 Å². The first-order valence-corrected chi connectivity index (χ1v) is 9.54. The van der Waals surface area contributed by atoms with Crippen molar-refractivity contribution in [3.05, 3.63) is 64.6 Å². The van der Waals surface area contributed by atoms with Crippen LogP contribution in [0.1, 0.15) is 10.4 Å². The van der Waals surface area contributed by atoms with E-state index < -0.39 is 6.10 Å². The van der Waals surface area contributed by atoms with Gasteiger partial charge in [-0.2, -0.15) is 0 Å². The predicted molar refractivity (Wildman–Crippen MR) is 104 cm³/mol. The molecule has 1 atom stereocenters. The van der Waals surface area contributed by atoms with Gasteiger partial charge in [0.15, 0.2) is 0 Å². The quantitative estimate of drug-likeness (QED) is 0.783. The molecule has 0 aliphatic carbocycles. The molecule has 138 valence electrons. The summed E-state index contributed by atoms with van der Waals surface area (Å²) in [6, 6.07) is 16.9. The van der Waals surface area contributed by atoms with Crippen molar-refractivity contribution >= 4 is 21.8 Å². The molecule has 26 heavy (non-hydrogen) atoms. The van der Waals surface area contributed by atoms with Crippen LogP contribution in [0.5, 0.6) is 5.75 Å². The van der Waals surface area contributed by atoms with Gasteiger partial charge in [-0.1, -0.05) is 34.1 Å². The Balaban J connectivity index is 1.41. The number of carbonyl (C=O) groups is 1. The lowest BCUT2D eigenvalue weighted by atomic mass is 10.2. The van der Waals surface area contributed by atoms with Crippen molar-refractivity contribution in [2.24, 2.45) is 0 Å². The van der Waals surface area contributed by atoms with Gasteiger partial charge in [0, 0.05) is 42.8 Å². The lowest BCUT2D eigenvalue weighted by molar-refractivity contribution is 0.0403. The summed E-state index contributed by atoms with van der Waals surface area (Å²) in [7, 11) is 0. The Morgan fingerprint density at radius 3 is 2.35 bits per heavy atom. The first-order valence-electron chi connectivity index (χ1n) is 8.75. The number of aliphatic hydroxyl groups excluding tert-OH is 1. The minimum atomic E-state index is -0.552. The highest BCUT2D eigenvalue weighted by atomic mass is 79.9. The molecule has 0 saturated carbocycles. The molecular formula is C20H23BrN2O3. The SMILES string of the molecule is O=C(c1ccc(Br)cc1)N1CCN(CC(O)COc2ccccc2)CC1. The van der Waals surface area contributed by atoms with Crippen LogP contribution in [0.3, 0.4) is 0 Å². The summed E-state index contributed by atoms with van der Waals surface area (Å²) in [4.78, 5) is 16.6. The topological polar surface area (TPSA) is 53.0 Å². The first-order chi connectivity index (χ1) is 12.6. The average molecular weight is 419 g/mol. The van der Waals surface area contributed by atoms with Crippen molar-refractivity contribution in [2.45, 2.75) is 6.10 Å². The van der Waals surface area contributed by atoms with Gasteiger partial charge in [0.25, 0.3) is 5.91 Å². The molecule has 1 fully saturated rings. The van der Waals surface area contributed by atoms with Crippen LogP contribution in [0, 0.1) is 0 Å². The van der Waals surface area contributed by atoms with Crippen LogP contribution in [0.15, 0.2) is 59.1 Å². The Labute approximate surface area is 162 Å². The number of benzene rings is 2. The number of rotatable bonds is 6. The van der Waals surface area contributed by atoms with Gasteiger partial charge < -0.3 is 14.7 Å². The molecule has 1 aliphatic rings. The van der Waals surface area contributed by atoms with E-state index in [9.17, 15) is 9.90 Å². The lowest BCUT2D eigenvalue weighted by Crippen LogP contribution is -2.50. The van der Waals surface area contributed by atoms with Gasteiger partial charge in [0.1, 0.15) is 18.5 Å². The van der Waals surface area contributed by atoms with Gasteiger partial charge in [-0.25, -0.2) is 0 Å². The molecule has 0 bridgehead atoms. The van der Waals surface area contributed by atoms with E-state index in [0.29, 0.717) is 25.2 Å². The number of β-amino-alcohol motifs (C(OH)–C–C–N with tert-alkyl or cyclic N) is 1. The Hall–Kier alpha value is -1.89. The monoisotopic (exact) mass is 418 g/mol. The molecule has 1 heterocycles. The number of halogens is 1. The highest BCUT2D eigenvalue weighted by molar-refractivity contribution is 9.10. The summed E-state index contributed by atoms with van der Waals surface area (Å²) in [5, 5.41) is 10.2. The van der Waals surface area contributed by atoms with Crippen LogP contribution >= 0.6 is 15.9 Å². The van der Waals surface area contributed by atoms with Crippen LogP contribution in [-0.4, -0.2) is 66.2 Å². The molecule has 0 radical (unpaired) electrons. The lowest BCUT2D eigenvalue weighted by Gasteiger charge is -2.35. The van der Waals surface area contributed by atoms with Crippen molar-refractivity contribution in [3.63, 3.8) is 0 Å². The third-order valence-electron chi connectivity index (χ3n) is 4.41. The molecule has 0 aromatic heterocycles. The highest BCUT2D eigenvalue weighted by Crippen LogP contribution is 2.14. The summed E-state index contributed by atoms with van der Waals surface area (Å²) < 4.78 is 6.55. The van der Waals surface area contributed by atoms with Crippen LogP contribution in [0.25, 0.3) is 0 Å². The van der Waals surface area contributed by atoms with Crippen molar-refractivity contribution in [1.82, 2.24) is 9.80 Å². The molecule has 5 nitrogen and oxygen atoms in total. The fraction of sp³-hybridized carbons (Fsp3) is 0.350. The second-order valence-corrected chi connectivity index (χ2v) is 7.29. The Morgan fingerprint density at radius 1 is 1.04 bits per heavy atom. The molecule has 1 unspecified atom stereocenters. The van der Waals surface area contributed by atoms with E-state index in [1.54, 1.807) is 0 Å². The normalized spacial score (nSPS) is 16.3. The molecule has 2 aromatic carbocycles. The molecule has 1 N–H and O–H groups in total. The Kier molecular flexibility index (Phi) is 6.66. The molecule has 3 rings (SSSR count). The van der Waals surface area contributed by atoms with Crippen LogP contribution in [0.4, 0.5) is 0 Å². The zero-order valence-corrected chi connectivity index (χ0v) is 16.1. The smallest absolute Gasteiger partial charge is 0.253 e. The maximum atomic E-state index is 12.5. The first kappa shape index (κ1) is 18.9. The van der Waals surface area contributed by atoms with Crippen molar-refractivity contribution in [2.75, 3.05) is 39.3 Å². The molecule has 1 amide bonds. The number of nitrogens with zero attached hydrogens (tertiary/aromatic N) is 2. The van der Waals surface area contributed by atoms with Crippen molar-refractivity contribution in [1.29, 1.82) is 0 Å². The standard InChI is InChI=1S/C20H23BrN2O3/c21-17-8-6-16(7-9-17)20(25)23-12-10-22(11-13-23)14-18(24)15-26-19-4-2-1-3-5-19/h1-9,18,24H,10-15H2. The molecule has 2 aromatic rings. The van der Waals surface area contributed by atoms with Crippen LogP contribution in [-0.2, 0) is 0 Å². The molecular weight excluding hydrogens is 396 g/mol. The van der Waals surface area contributed by atoms with Crippen LogP contribution in [0.2, 0.25) is 0 Å². The average Bonchev–Trinajstić information content (AvgIpc) is 2.68. The van der Waals surface area contributed by atoms with Gasteiger partial charge >= 0.3 is 0 Å². The van der Waals surface area contributed by atoms with Crippen molar-refractivity contribution < 1.29 is 14.6 Å². The third kappa shape index (κ3) is 5.30. The van der Waals surface area contributed by atoms with Gasteiger partial charge in [-0.05, 0) is 36.4 Å². The summed E-state index contributed by atoms with van der Waals surface area (Å²) in [5.41, 5.74) is 0.706. The summed E-state index contributed by atoms with van der Waals surface area (Å²) >= 11 is 3.38. The fourth-order valence-corrected chi connectivity index (χ4v) is 3.23. The molecule has 6 heteroatoms. The van der Waals surface area contributed by atoms with Crippen molar-refractivity contribution in [3.8, 4) is 5.75 Å². The zero-order chi connectivity index (χ0) is 18.4. The maximum Gasteiger partial charge on any atom is 0.253 e. The highest BCUT2D eigenvalue weighted by Gasteiger charge is 2.23. The van der Waals surface area contributed by atoms with E-state index in [1.165, 1.54) is 0 Å². The molecule has 0 spiro atoms. The molecule has 1 aliphatic heterocycles. The van der Waals surface area contributed by atoms with E-state index in [1.807, 2.05) is 59.5 Å². The Morgan fingerprint density at radius 2 is 1.69 bits per heavy atom. The van der Waals surface area contributed by atoms with E-state index >= 15 is 0 Å². The molecule has 1 saturated heterocycles. The van der Waals surface area contributed by atoms with E-state index in [4.69, 9.17) is 4.74 Å². The third-order valence-corrected chi connectivity index (χ3v) is 4.93. The maximum absolute atomic E-state index is 12.5. The van der Waals surface area contributed by atoms with Gasteiger partial charge in [-0.15, -0.1) is 0 Å². The number of aliphatic hydroxyl groups is 1. The van der Waals surface area contributed by atoms with E-state index in [-0.39, 0.29) is 12.5 Å². The number of amides is 1. The second kappa shape index (κ2) is 9.16. The number of hydrogen-bond acceptors (Lipinski definition) is 4. The van der Waals surface area contributed by atoms with E-state index in [0.717, 1.165) is 23.3 Å². The fourth-order valence-electron chi connectivity index (χ4n) is 2.97. The minimum Gasteiger partial charge on any atom is -0.491 e. The van der Waals surface area contributed by atoms with Gasteiger partial charge in [0.2, 0.25) is 0 Å². The summed E-state index contributed by atoms with van der Waals surface area (Å²) in [6.07, 6.45) is -0.552. The predicted octanol–water partition coefficient (Wildman–Crippen LogP) is 2.65. The largest absolute Gasteiger partial charge is 0.491 e. The Bertz CT molecular complexity index is 701. The second-order valence-electron chi connectivity index (χ2n) is 6.38. The number of hydrogen-bond donors (Lipinski definition) is 1. The van der Waals surface area contributed by atoms with Crippen LogP contribution < -0.4 is 4.74 Å².